The SMILES string of the molecule is [2H][C@@]1(n2ccc(NO)nc2=O)O[C@H](COC(=O)[C@@H](N)Cc2c[nH]c3ccccc23)[C@@H](O)[C@H]1O. The van der Waals surface area contributed by atoms with Crippen molar-refractivity contribution in [3.63, 3.8) is 0 Å². The van der Waals surface area contributed by atoms with Crippen molar-refractivity contribution in [3.8, 4) is 0 Å². The molecule has 1 aliphatic rings. The molecule has 0 radical (unpaired) electrons. The zero-order chi connectivity index (χ0) is 23.8. The number of rotatable bonds is 7. The minimum atomic E-state index is -2.43. The molecule has 0 saturated carbocycles. The number of para-hydroxylation sites is 1. The number of esters is 1. The summed E-state index contributed by atoms with van der Waals surface area (Å²) in [4.78, 5) is 31.1. The second-order valence-electron chi connectivity index (χ2n) is 7.31. The number of nitrogens with zero attached hydrogens (tertiary/aromatic N) is 2. The fraction of sp³-hybridized carbons (Fsp3) is 0.350. The van der Waals surface area contributed by atoms with Gasteiger partial charge in [-0.1, -0.05) is 18.2 Å². The highest BCUT2D eigenvalue weighted by atomic mass is 16.6. The first kappa shape index (κ1) is 20.6. The van der Waals surface area contributed by atoms with Gasteiger partial charge in [0.2, 0.25) is 0 Å². The van der Waals surface area contributed by atoms with Gasteiger partial charge in [-0.2, -0.15) is 4.98 Å². The maximum absolute atomic E-state index is 12.4. The highest BCUT2D eigenvalue weighted by Gasteiger charge is 2.44. The number of aliphatic hydroxyl groups excluding tert-OH is 2. The third kappa shape index (κ3) is 4.22. The molecule has 5 atom stereocenters. The van der Waals surface area contributed by atoms with E-state index in [4.69, 9.17) is 21.8 Å². The molecule has 4 rings (SSSR count). The van der Waals surface area contributed by atoms with Gasteiger partial charge in [0.1, 0.15) is 31.0 Å². The lowest BCUT2D eigenvalue weighted by Gasteiger charge is -2.17. The standard InChI is InChI=1S/C20H23N5O7/c21-12(7-10-8-22-13-4-2-1-3-11(10)13)19(28)31-9-14-16(26)17(27)18(32-14)25-6-5-15(24-30)23-20(25)29/h1-6,8,12,14,16-18,22,26-27,30H,7,9,21H2,(H,23,24,29)/t12-,14+,16+,17+,18+/m0/s1/i18D. The lowest BCUT2D eigenvalue weighted by atomic mass is 10.1. The molecule has 1 fully saturated rings. The van der Waals surface area contributed by atoms with Crippen molar-refractivity contribution < 1.29 is 31.1 Å². The molecule has 0 aliphatic carbocycles. The van der Waals surface area contributed by atoms with Crippen LogP contribution in [0.3, 0.4) is 0 Å². The summed E-state index contributed by atoms with van der Waals surface area (Å²) >= 11 is 0. The monoisotopic (exact) mass is 446 g/mol. The lowest BCUT2D eigenvalue weighted by Crippen LogP contribution is -2.39. The minimum absolute atomic E-state index is 0.178. The van der Waals surface area contributed by atoms with Crippen LogP contribution in [-0.4, -0.2) is 66.9 Å². The Morgan fingerprint density at radius 3 is 2.91 bits per heavy atom. The third-order valence-corrected chi connectivity index (χ3v) is 5.19. The maximum atomic E-state index is 12.4. The largest absolute Gasteiger partial charge is 0.462 e. The average Bonchev–Trinajstić information content (AvgIpc) is 3.31. The van der Waals surface area contributed by atoms with Crippen LogP contribution in [0.15, 0.2) is 47.5 Å². The van der Waals surface area contributed by atoms with Crippen LogP contribution in [0.25, 0.3) is 10.9 Å². The van der Waals surface area contributed by atoms with E-state index in [1.54, 1.807) is 11.7 Å². The van der Waals surface area contributed by atoms with Crippen molar-refractivity contribution in [2.75, 3.05) is 12.1 Å². The molecule has 12 heteroatoms. The summed E-state index contributed by atoms with van der Waals surface area (Å²) in [6, 6.07) is 7.71. The van der Waals surface area contributed by atoms with Crippen molar-refractivity contribution in [1.29, 1.82) is 0 Å². The van der Waals surface area contributed by atoms with Crippen molar-refractivity contribution in [2.24, 2.45) is 5.73 Å². The summed E-state index contributed by atoms with van der Waals surface area (Å²) < 4.78 is 19.6. The van der Waals surface area contributed by atoms with Gasteiger partial charge in [-0.05, 0) is 17.7 Å². The topological polar surface area (TPSA) is 185 Å². The number of aliphatic hydroxyl groups is 2. The predicted octanol–water partition coefficient (Wildman–Crippen LogP) is -0.742. The molecule has 2 aromatic heterocycles. The molecular formula is C20H23N5O7. The Morgan fingerprint density at radius 2 is 2.16 bits per heavy atom. The lowest BCUT2D eigenvalue weighted by molar-refractivity contribution is -0.151. The van der Waals surface area contributed by atoms with Crippen LogP contribution in [0.2, 0.25) is 0 Å². The van der Waals surface area contributed by atoms with E-state index in [2.05, 4.69) is 9.97 Å². The normalized spacial score (nSPS) is 26.6. The number of hydrogen-bond donors (Lipinski definition) is 6. The van der Waals surface area contributed by atoms with Crippen LogP contribution in [-0.2, 0) is 20.7 Å². The van der Waals surface area contributed by atoms with Crippen molar-refractivity contribution >= 4 is 22.7 Å². The number of anilines is 1. The first-order valence-electron chi connectivity index (χ1n) is 10.3. The van der Waals surface area contributed by atoms with Gasteiger partial charge in [-0.3, -0.25) is 20.0 Å². The minimum Gasteiger partial charge on any atom is -0.462 e. The highest BCUT2D eigenvalue weighted by molar-refractivity contribution is 5.84. The molecule has 1 aliphatic heterocycles. The van der Waals surface area contributed by atoms with Crippen LogP contribution in [0.4, 0.5) is 5.82 Å². The summed E-state index contributed by atoms with van der Waals surface area (Å²) in [6.45, 7) is -0.502. The fourth-order valence-electron chi connectivity index (χ4n) is 3.50. The Kier molecular flexibility index (Phi) is 5.83. The summed E-state index contributed by atoms with van der Waals surface area (Å²) in [5.41, 5.74) is 8.39. The van der Waals surface area contributed by atoms with Gasteiger partial charge in [0.25, 0.3) is 0 Å². The molecule has 7 N–H and O–H groups in total. The van der Waals surface area contributed by atoms with Gasteiger partial charge in [-0.25, -0.2) is 4.79 Å². The first-order valence-corrected chi connectivity index (χ1v) is 9.76. The van der Waals surface area contributed by atoms with Gasteiger partial charge in [0.05, 0.1) is 1.37 Å². The number of carbonyl (C=O) groups excluding carboxylic acids is 1. The van der Waals surface area contributed by atoms with Crippen LogP contribution in [0.5, 0.6) is 0 Å². The number of aromatic amines is 1. The molecule has 1 aromatic carbocycles. The number of H-pyrrole nitrogens is 1. The van der Waals surface area contributed by atoms with E-state index in [9.17, 15) is 19.8 Å². The summed E-state index contributed by atoms with van der Waals surface area (Å²) in [7, 11) is 0. The van der Waals surface area contributed by atoms with Crippen molar-refractivity contribution in [2.45, 2.75) is 37.0 Å². The number of nitrogens with two attached hydrogens (primary N) is 1. The van der Waals surface area contributed by atoms with Gasteiger partial charge < -0.3 is 30.4 Å². The number of ether oxygens (including phenoxy) is 2. The van der Waals surface area contributed by atoms with Crippen LogP contribution in [0.1, 0.15) is 13.1 Å². The Labute approximate surface area is 182 Å². The molecule has 3 heterocycles. The molecular weight excluding hydrogens is 422 g/mol. The molecule has 0 bridgehead atoms. The van der Waals surface area contributed by atoms with E-state index in [0.717, 1.165) is 28.7 Å². The Balaban J connectivity index is 1.41. The fourth-order valence-corrected chi connectivity index (χ4v) is 3.50. The van der Waals surface area contributed by atoms with E-state index in [1.807, 2.05) is 24.3 Å². The van der Waals surface area contributed by atoms with Gasteiger partial charge >= 0.3 is 11.7 Å². The Bertz CT molecular complexity index is 1220. The van der Waals surface area contributed by atoms with Gasteiger partial charge in [0.15, 0.2) is 12.0 Å². The molecule has 12 nitrogen and oxygen atoms in total. The van der Waals surface area contributed by atoms with E-state index in [1.165, 1.54) is 0 Å². The maximum Gasteiger partial charge on any atom is 0.351 e. The van der Waals surface area contributed by atoms with Crippen molar-refractivity contribution in [3.05, 3.63) is 58.8 Å². The smallest absolute Gasteiger partial charge is 0.351 e. The number of nitrogens with one attached hydrogen (secondary N) is 2. The van der Waals surface area contributed by atoms with E-state index < -0.39 is 48.8 Å². The molecule has 32 heavy (non-hydrogen) atoms. The van der Waals surface area contributed by atoms with Crippen LogP contribution >= 0.6 is 0 Å². The predicted molar refractivity (Wildman–Crippen MR) is 111 cm³/mol. The van der Waals surface area contributed by atoms with E-state index in [0.29, 0.717) is 4.57 Å². The average molecular weight is 446 g/mol. The van der Waals surface area contributed by atoms with E-state index >= 15 is 0 Å². The number of fused-ring (bicyclic) bond motifs is 1. The summed E-state index contributed by atoms with van der Waals surface area (Å²) in [5.74, 6) is -0.937. The highest BCUT2D eigenvalue weighted by Crippen LogP contribution is 2.29. The Morgan fingerprint density at radius 1 is 1.38 bits per heavy atom. The molecule has 0 amide bonds. The molecule has 3 aromatic rings. The molecule has 0 spiro atoms. The molecule has 170 valence electrons. The quantitative estimate of drug-likeness (QED) is 0.199. The zero-order valence-electron chi connectivity index (χ0n) is 17.7. The number of benzene rings is 1. The third-order valence-electron chi connectivity index (χ3n) is 5.19. The van der Waals surface area contributed by atoms with Gasteiger partial charge in [-0.15, -0.1) is 0 Å². The van der Waals surface area contributed by atoms with Crippen LogP contribution < -0.4 is 16.9 Å². The first-order chi connectivity index (χ1) is 15.7. The van der Waals surface area contributed by atoms with Crippen LogP contribution in [0, 0.1) is 0 Å². The number of aromatic nitrogens is 3. The summed E-state index contributed by atoms with van der Waals surface area (Å²) in [5, 5.41) is 30.4. The zero-order valence-corrected chi connectivity index (χ0v) is 16.7. The second kappa shape index (κ2) is 9.06. The Hall–Kier alpha value is -3.29. The van der Waals surface area contributed by atoms with Gasteiger partial charge in [0, 0.05) is 29.7 Å². The van der Waals surface area contributed by atoms with Crippen molar-refractivity contribution in [1.82, 2.24) is 14.5 Å². The molecule has 1 saturated heterocycles. The second-order valence-corrected chi connectivity index (χ2v) is 7.31. The van der Waals surface area contributed by atoms with E-state index in [-0.39, 0.29) is 12.2 Å². The molecule has 0 unspecified atom stereocenters. The number of hydrogen-bond acceptors (Lipinski definition) is 10. The number of carbonyl (C=O) groups is 1. The summed E-state index contributed by atoms with van der Waals surface area (Å²) in [6.07, 6.45) is -4.20.